The summed E-state index contributed by atoms with van der Waals surface area (Å²) in [6.07, 6.45) is 0.659. The van der Waals surface area contributed by atoms with Gasteiger partial charge in [-0.15, -0.1) is 0 Å². The van der Waals surface area contributed by atoms with Crippen LogP contribution in [-0.2, 0) is 21.2 Å². The molecule has 0 bridgehead atoms. The number of anilines is 2. The van der Waals surface area contributed by atoms with Gasteiger partial charge in [0.05, 0.1) is 45.0 Å². The molecule has 1 fully saturated rings. The second-order valence-corrected chi connectivity index (χ2v) is 10.7. The summed E-state index contributed by atoms with van der Waals surface area (Å²) in [4.78, 5) is 17.5. The van der Waals surface area contributed by atoms with E-state index in [0.29, 0.717) is 29.7 Å². The van der Waals surface area contributed by atoms with Crippen molar-refractivity contribution in [2.45, 2.75) is 18.2 Å². The van der Waals surface area contributed by atoms with E-state index in [4.69, 9.17) is 0 Å². The summed E-state index contributed by atoms with van der Waals surface area (Å²) < 4.78 is 29.7. The van der Waals surface area contributed by atoms with Crippen molar-refractivity contribution in [2.24, 2.45) is 0 Å². The number of rotatable bonds is 6. The van der Waals surface area contributed by atoms with Gasteiger partial charge in [-0.3, -0.25) is 4.79 Å². The third-order valence-electron chi connectivity index (χ3n) is 6.03. The van der Waals surface area contributed by atoms with Crippen molar-refractivity contribution in [2.75, 3.05) is 55.6 Å². The highest BCUT2D eigenvalue weighted by Gasteiger charge is 2.31. The number of benzene rings is 2. The number of hydrogen-bond acceptors (Lipinski definition) is 4. The van der Waals surface area contributed by atoms with Gasteiger partial charge in [-0.2, -0.15) is 0 Å². The maximum Gasteiger partial charge on any atom is 0.242 e. The third kappa shape index (κ3) is 4.95. The van der Waals surface area contributed by atoms with E-state index in [2.05, 4.69) is 49.8 Å². The average molecular weight is 508 g/mol. The van der Waals surface area contributed by atoms with Crippen molar-refractivity contribution in [3.8, 4) is 0 Å². The Kier molecular flexibility index (Phi) is 6.66. The van der Waals surface area contributed by atoms with E-state index in [9.17, 15) is 13.2 Å². The summed E-state index contributed by atoms with van der Waals surface area (Å²) >= 11 is 3.42. The molecule has 0 spiro atoms. The Morgan fingerprint density at radius 2 is 1.84 bits per heavy atom. The molecule has 2 aliphatic heterocycles. The number of fused-ring (bicyclic) bond motifs is 1. The van der Waals surface area contributed by atoms with Crippen LogP contribution in [0.25, 0.3) is 0 Å². The van der Waals surface area contributed by atoms with E-state index in [1.165, 1.54) is 17.5 Å². The Balaban J connectivity index is 1.37. The molecule has 0 aromatic heterocycles. The molecule has 4 rings (SSSR count). The van der Waals surface area contributed by atoms with E-state index in [-0.39, 0.29) is 10.8 Å². The van der Waals surface area contributed by atoms with Gasteiger partial charge in [0.1, 0.15) is 4.90 Å². The predicted octanol–water partition coefficient (Wildman–Crippen LogP) is 1.04. The Morgan fingerprint density at radius 3 is 2.52 bits per heavy atom. The van der Waals surface area contributed by atoms with Crippen molar-refractivity contribution in [3.05, 3.63) is 52.5 Å². The molecule has 1 saturated heterocycles. The number of carbonyl (C=O) groups excluding carboxylic acids is 1. The van der Waals surface area contributed by atoms with Crippen molar-refractivity contribution < 1.29 is 18.1 Å². The Labute approximate surface area is 192 Å². The first kappa shape index (κ1) is 22.3. The van der Waals surface area contributed by atoms with Crippen LogP contribution in [0, 0.1) is 0 Å². The maximum absolute atomic E-state index is 13.1. The topological polar surface area (TPSA) is 74.2 Å². The molecule has 2 aliphatic rings. The zero-order valence-electron chi connectivity index (χ0n) is 17.6. The van der Waals surface area contributed by atoms with Gasteiger partial charge < -0.3 is 14.7 Å². The first-order valence-electron chi connectivity index (χ1n) is 10.6. The summed E-state index contributed by atoms with van der Waals surface area (Å²) in [6.45, 7) is 6.94. The number of sulfonamides is 1. The largest absolute Gasteiger partial charge is 0.360 e. The molecule has 9 heteroatoms. The normalized spacial score (nSPS) is 17.1. The molecule has 2 aromatic rings. The fourth-order valence-corrected chi connectivity index (χ4v) is 6.36. The van der Waals surface area contributed by atoms with Crippen LogP contribution in [0.2, 0.25) is 0 Å². The molecule has 0 aliphatic carbocycles. The summed E-state index contributed by atoms with van der Waals surface area (Å²) in [7, 11) is -3.73. The number of carbonyl (C=O) groups is 1. The highest BCUT2D eigenvalue weighted by atomic mass is 79.9. The molecule has 1 amide bonds. The lowest BCUT2D eigenvalue weighted by atomic mass is 10.2. The number of amides is 1. The zero-order chi connectivity index (χ0) is 22.0. The maximum atomic E-state index is 13.1. The fraction of sp³-hybridized carbons (Fsp3) is 0.409. The molecule has 2 aromatic carbocycles. The van der Waals surface area contributed by atoms with Crippen molar-refractivity contribution in [1.29, 1.82) is 0 Å². The minimum absolute atomic E-state index is 0.141. The smallest absolute Gasteiger partial charge is 0.242 e. The summed E-state index contributed by atoms with van der Waals surface area (Å²) in [5.41, 5.74) is 2.64. The van der Waals surface area contributed by atoms with E-state index < -0.39 is 10.0 Å². The van der Waals surface area contributed by atoms with Crippen LogP contribution in [0.15, 0.2) is 51.8 Å². The summed E-state index contributed by atoms with van der Waals surface area (Å²) in [5, 5.41) is 0. The summed E-state index contributed by atoms with van der Waals surface area (Å²) in [5.74, 6) is -0.141. The minimum Gasteiger partial charge on any atom is -0.360 e. The second-order valence-electron chi connectivity index (χ2n) is 8.05. The van der Waals surface area contributed by atoms with Crippen LogP contribution in [0.3, 0.4) is 0 Å². The van der Waals surface area contributed by atoms with E-state index in [0.717, 1.165) is 38.3 Å². The van der Waals surface area contributed by atoms with Crippen LogP contribution in [0.5, 0.6) is 0 Å². The summed E-state index contributed by atoms with van der Waals surface area (Å²) in [6, 6.07) is 13.9. The molecule has 31 heavy (non-hydrogen) atoms. The van der Waals surface area contributed by atoms with E-state index in [1.54, 1.807) is 11.0 Å². The Morgan fingerprint density at radius 1 is 1.13 bits per heavy atom. The van der Waals surface area contributed by atoms with Crippen molar-refractivity contribution in [3.63, 3.8) is 0 Å². The number of nitrogens with zero attached hydrogens (tertiary/aromatic N) is 2. The van der Waals surface area contributed by atoms with E-state index in [1.807, 2.05) is 12.1 Å². The predicted molar refractivity (Wildman–Crippen MR) is 125 cm³/mol. The van der Waals surface area contributed by atoms with Gasteiger partial charge in [-0.05, 0) is 36.2 Å². The fourth-order valence-electron chi connectivity index (χ4n) is 4.40. The van der Waals surface area contributed by atoms with Gasteiger partial charge in [0.2, 0.25) is 15.9 Å². The Bertz CT molecular complexity index is 1050. The molecular weight excluding hydrogens is 480 g/mol. The molecule has 0 unspecified atom stereocenters. The van der Waals surface area contributed by atoms with E-state index >= 15 is 0 Å². The van der Waals surface area contributed by atoms with Crippen LogP contribution in [0.1, 0.15) is 12.5 Å². The van der Waals surface area contributed by atoms with Gasteiger partial charge >= 0.3 is 0 Å². The number of piperazine rings is 1. The van der Waals surface area contributed by atoms with Gasteiger partial charge in [-0.1, -0.05) is 34.1 Å². The Hall–Kier alpha value is -1.94. The standard InChI is InChI=1S/C22H27BrN4O3S/c1-17(28)27-9-7-18-15-19(23)16-21(22(18)27)31(29,30)24-8-10-25-11-13-26(14-12-25)20-5-3-2-4-6-20/h2-6,15-16,24H,7-14H2,1H3/p+1. The van der Waals surface area contributed by atoms with Crippen LogP contribution in [0.4, 0.5) is 11.4 Å². The molecule has 2 heterocycles. The van der Waals surface area contributed by atoms with Crippen molar-refractivity contribution >= 4 is 43.2 Å². The number of quaternary nitrogens is 1. The molecule has 7 nitrogen and oxygen atoms in total. The first-order valence-corrected chi connectivity index (χ1v) is 12.9. The number of para-hydroxylation sites is 1. The lowest BCUT2D eigenvalue weighted by Crippen LogP contribution is -3.15. The molecule has 0 saturated carbocycles. The zero-order valence-corrected chi connectivity index (χ0v) is 20.0. The minimum atomic E-state index is -3.73. The number of halogens is 1. The van der Waals surface area contributed by atoms with Gasteiger partial charge in [0.15, 0.2) is 0 Å². The number of hydrogen-bond donors (Lipinski definition) is 2. The lowest BCUT2D eigenvalue weighted by Gasteiger charge is -2.33. The van der Waals surface area contributed by atoms with Gasteiger partial charge in [0, 0.05) is 23.6 Å². The molecule has 166 valence electrons. The molecular formula is C22H28BrN4O3S+. The molecule has 0 atom stereocenters. The third-order valence-corrected chi connectivity index (χ3v) is 7.96. The van der Waals surface area contributed by atoms with Crippen molar-refractivity contribution in [1.82, 2.24) is 4.72 Å². The quantitative estimate of drug-likeness (QED) is 0.612. The van der Waals surface area contributed by atoms with Crippen LogP contribution < -0.4 is 19.4 Å². The molecule has 2 N–H and O–H groups in total. The van der Waals surface area contributed by atoms with Gasteiger partial charge in [0.25, 0.3) is 0 Å². The monoisotopic (exact) mass is 507 g/mol. The highest BCUT2D eigenvalue weighted by Crippen LogP contribution is 2.37. The first-order chi connectivity index (χ1) is 14.8. The SMILES string of the molecule is CC(=O)N1CCc2cc(Br)cc(S(=O)(=O)NCC[NH+]3CCN(c4ccccc4)CC3)c21. The van der Waals surface area contributed by atoms with Crippen LogP contribution in [-0.4, -0.2) is 60.1 Å². The average Bonchev–Trinajstić information content (AvgIpc) is 3.18. The second kappa shape index (κ2) is 9.28. The van der Waals surface area contributed by atoms with Gasteiger partial charge in [-0.25, -0.2) is 13.1 Å². The number of nitrogens with one attached hydrogen (secondary N) is 2. The van der Waals surface area contributed by atoms with Crippen LogP contribution >= 0.6 is 15.9 Å². The highest BCUT2D eigenvalue weighted by molar-refractivity contribution is 9.10. The molecule has 0 radical (unpaired) electrons. The lowest BCUT2D eigenvalue weighted by molar-refractivity contribution is -0.899.